The Morgan fingerprint density at radius 3 is 2.65 bits per heavy atom. The van der Waals surface area contributed by atoms with E-state index in [0.29, 0.717) is 16.5 Å². The summed E-state index contributed by atoms with van der Waals surface area (Å²) in [6.07, 6.45) is 2.27. The van der Waals surface area contributed by atoms with Crippen LogP contribution in [0.5, 0.6) is 0 Å². The van der Waals surface area contributed by atoms with Gasteiger partial charge in [-0.25, -0.2) is 0 Å². The normalized spacial score (nSPS) is 24.4. The zero-order valence-electron chi connectivity index (χ0n) is 11.3. The maximum absolute atomic E-state index is 12.4. The van der Waals surface area contributed by atoms with Crippen LogP contribution >= 0.6 is 12.4 Å². The van der Waals surface area contributed by atoms with Gasteiger partial charge >= 0.3 is 0 Å². The fourth-order valence-electron chi connectivity index (χ4n) is 3.12. The Hall–Kier alpha value is -1.57. The highest BCUT2D eigenvalue weighted by Crippen LogP contribution is 2.36. The Labute approximate surface area is 125 Å². The molecule has 20 heavy (non-hydrogen) atoms. The lowest BCUT2D eigenvalue weighted by Gasteiger charge is -2.22. The van der Waals surface area contributed by atoms with Gasteiger partial charge in [0.15, 0.2) is 0 Å². The van der Waals surface area contributed by atoms with Gasteiger partial charge < -0.3 is 10.2 Å². The molecule has 1 spiro atoms. The number of hydrogen-bond acceptors (Lipinski definition) is 3. The lowest BCUT2D eigenvalue weighted by molar-refractivity contribution is 0.0775. The largest absolute Gasteiger partial charge is 0.338 e. The minimum Gasteiger partial charge on any atom is -0.338 e. The van der Waals surface area contributed by atoms with Gasteiger partial charge in [-0.1, -0.05) is 0 Å². The van der Waals surface area contributed by atoms with Crippen molar-refractivity contribution in [3.8, 4) is 6.07 Å². The summed E-state index contributed by atoms with van der Waals surface area (Å²) in [5, 5.41) is 12.2. The van der Waals surface area contributed by atoms with E-state index in [0.717, 1.165) is 32.6 Å². The molecule has 2 heterocycles. The maximum atomic E-state index is 12.4. The van der Waals surface area contributed by atoms with Crippen LogP contribution in [0.3, 0.4) is 0 Å². The average Bonchev–Trinajstić information content (AvgIpc) is 3.09. The summed E-state index contributed by atoms with van der Waals surface area (Å²) >= 11 is 0. The molecule has 1 aromatic carbocycles. The molecule has 4 nitrogen and oxygen atoms in total. The summed E-state index contributed by atoms with van der Waals surface area (Å²) in [5.74, 6) is 0.0910. The summed E-state index contributed by atoms with van der Waals surface area (Å²) in [5.41, 5.74) is 1.58. The third kappa shape index (κ3) is 2.65. The van der Waals surface area contributed by atoms with Gasteiger partial charge in [-0.05, 0) is 43.7 Å². The minimum absolute atomic E-state index is 0. The first-order chi connectivity index (χ1) is 9.22. The monoisotopic (exact) mass is 291 g/mol. The molecule has 2 saturated heterocycles. The summed E-state index contributed by atoms with van der Waals surface area (Å²) < 4.78 is 0. The van der Waals surface area contributed by atoms with Crippen LogP contribution in [-0.4, -0.2) is 37.0 Å². The molecule has 5 heteroatoms. The van der Waals surface area contributed by atoms with Crippen LogP contribution in [0.1, 0.15) is 28.8 Å². The van der Waals surface area contributed by atoms with E-state index in [4.69, 9.17) is 5.26 Å². The number of amides is 1. The molecule has 106 valence electrons. The first-order valence-corrected chi connectivity index (χ1v) is 6.73. The van der Waals surface area contributed by atoms with Gasteiger partial charge in [-0.15, -0.1) is 12.4 Å². The van der Waals surface area contributed by atoms with E-state index in [1.54, 1.807) is 24.3 Å². The van der Waals surface area contributed by atoms with Gasteiger partial charge in [0.2, 0.25) is 0 Å². The molecule has 1 unspecified atom stereocenters. The lowest BCUT2D eigenvalue weighted by Crippen LogP contribution is -2.33. The average molecular weight is 292 g/mol. The van der Waals surface area contributed by atoms with Crippen LogP contribution in [0.15, 0.2) is 24.3 Å². The zero-order chi connectivity index (χ0) is 13.3. The number of rotatable bonds is 1. The molecular formula is C15H18ClN3O. The van der Waals surface area contributed by atoms with Gasteiger partial charge in [-0.3, -0.25) is 4.79 Å². The molecule has 0 aliphatic carbocycles. The standard InChI is InChI=1S/C15H17N3O.ClH/c16-9-12-1-3-13(4-2-12)14(19)18-8-6-15(11-18)5-7-17-10-15;/h1-4,17H,5-8,10-11H2;1H. The maximum Gasteiger partial charge on any atom is 0.253 e. The van der Waals surface area contributed by atoms with Crippen LogP contribution in [0.2, 0.25) is 0 Å². The van der Waals surface area contributed by atoms with Crippen molar-refractivity contribution >= 4 is 18.3 Å². The van der Waals surface area contributed by atoms with Gasteiger partial charge in [-0.2, -0.15) is 5.26 Å². The van der Waals surface area contributed by atoms with E-state index < -0.39 is 0 Å². The number of likely N-dealkylation sites (tertiary alicyclic amines) is 1. The summed E-state index contributed by atoms with van der Waals surface area (Å²) in [6, 6.07) is 8.98. The quantitative estimate of drug-likeness (QED) is 0.858. The highest BCUT2D eigenvalue weighted by Gasteiger charge is 2.41. The van der Waals surface area contributed by atoms with E-state index in [1.165, 1.54) is 6.42 Å². The van der Waals surface area contributed by atoms with Crippen molar-refractivity contribution < 1.29 is 4.79 Å². The van der Waals surface area contributed by atoms with Crippen molar-refractivity contribution in [2.45, 2.75) is 12.8 Å². The molecule has 2 fully saturated rings. The van der Waals surface area contributed by atoms with Crippen LogP contribution in [-0.2, 0) is 0 Å². The predicted molar refractivity (Wildman–Crippen MR) is 78.8 cm³/mol. The molecule has 1 N–H and O–H groups in total. The molecule has 0 aromatic heterocycles. The van der Waals surface area contributed by atoms with E-state index in [9.17, 15) is 4.79 Å². The molecule has 2 aliphatic heterocycles. The van der Waals surface area contributed by atoms with Crippen LogP contribution < -0.4 is 5.32 Å². The molecule has 2 aliphatic rings. The fourth-order valence-corrected chi connectivity index (χ4v) is 3.12. The molecule has 0 bridgehead atoms. The van der Waals surface area contributed by atoms with Crippen molar-refractivity contribution in [2.75, 3.05) is 26.2 Å². The molecule has 0 saturated carbocycles. The van der Waals surface area contributed by atoms with Crippen molar-refractivity contribution in [3.63, 3.8) is 0 Å². The van der Waals surface area contributed by atoms with Crippen LogP contribution in [0, 0.1) is 16.7 Å². The third-order valence-corrected chi connectivity index (χ3v) is 4.32. The Bertz CT molecular complexity index is 529. The van der Waals surface area contributed by atoms with E-state index >= 15 is 0 Å². The van der Waals surface area contributed by atoms with E-state index in [2.05, 4.69) is 11.4 Å². The van der Waals surface area contributed by atoms with Crippen molar-refractivity contribution in [2.24, 2.45) is 5.41 Å². The molecule has 0 radical (unpaired) electrons. The first kappa shape index (κ1) is 14.8. The Morgan fingerprint density at radius 2 is 2.05 bits per heavy atom. The van der Waals surface area contributed by atoms with E-state index in [-0.39, 0.29) is 18.3 Å². The number of nitrogens with one attached hydrogen (secondary N) is 1. The second-order valence-electron chi connectivity index (χ2n) is 5.59. The van der Waals surface area contributed by atoms with Gasteiger partial charge in [0.1, 0.15) is 0 Å². The topological polar surface area (TPSA) is 56.1 Å². The number of carbonyl (C=O) groups excluding carboxylic acids is 1. The minimum atomic E-state index is 0. The summed E-state index contributed by atoms with van der Waals surface area (Å²) in [7, 11) is 0. The molecule has 1 atom stereocenters. The second kappa shape index (κ2) is 5.82. The highest BCUT2D eigenvalue weighted by atomic mass is 35.5. The number of nitrogens with zero attached hydrogens (tertiary/aromatic N) is 2. The number of carbonyl (C=O) groups is 1. The fraction of sp³-hybridized carbons (Fsp3) is 0.467. The summed E-state index contributed by atoms with van der Waals surface area (Å²) in [6.45, 7) is 3.81. The zero-order valence-corrected chi connectivity index (χ0v) is 12.1. The summed E-state index contributed by atoms with van der Waals surface area (Å²) in [4.78, 5) is 14.4. The number of nitriles is 1. The Balaban J connectivity index is 0.00000147. The van der Waals surface area contributed by atoms with Crippen molar-refractivity contribution in [1.82, 2.24) is 10.2 Å². The Morgan fingerprint density at radius 1 is 1.30 bits per heavy atom. The van der Waals surface area contributed by atoms with Gasteiger partial charge in [0, 0.05) is 30.6 Å². The van der Waals surface area contributed by atoms with Gasteiger partial charge in [0.05, 0.1) is 11.6 Å². The predicted octanol–water partition coefficient (Wildman–Crippen LogP) is 1.81. The molecule has 1 aromatic rings. The molecular weight excluding hydrogens is 274 g/mol. The Kier molecular flexibility index (Phi) is 4.32. The SMILES string of the molecule is Cl.N#Cc1ccc(C(=O)N2CCC3(CCNC3)C2)cc1. The van der Waals surface area contributed by atoms with Crippen molar-refractivity contribution in [3.05, 3.63) is 35.4 Å². The van der Waals surface area contributed by atoms with Crippen LogP contribution in [0.4, 0.5) is 0 Å². The smallest absolute Gasteiger partial charge is 0.253 e. The van der Waals surface area contributed by atoms with Gasteiger partial charge in [0.25, 0.3) is 5.91 Å². The third-order valence-electron chi connectivity index (χ3n) is 4.32. The molecule has 1 amide bonds. The lowest BCUT2D eigenvalue weighted by atomic mass is 9.86. The number of halogens is 1. The highest BCUT2D eigenvalue weighted by molar-refractivity contribution is 5.94. The van der Waals surface area contributed by atoms with Crippen LogP contribution in [0.25, 0.3) is 0 Å². The molecule has 3 rings (SSSR count). The van der Waals surface area contributed by atoms with Crippen molar-refractivity contribution in [1.29, 1.82) is 5.26 Å². The second-order valence-corrected chi connectivity index (χ2v) is 5.59. The number of benzene rings is 1. The number of hydrogen-bond donors (Lipinski definition) is 1. The first-order valence-electron chi connectivity index (χ1n) is 6.73. The van der Waals surface area contributed by atoms with E-state index in [1.807, 2.05) is 4.90 Å².